The molecule has 0 atom stereocenters. The molecule has 0 heterocycles. The van der Waals surface area contributed by atoms with E-state index in [9.17, 15) is 17.6 Å². The number of carboxylic acid groups (broad SMARTS) is 1. The van der Waals surface area contributed by atoms with Crippen LogP contribution in [0.3, 0.4) is 0 Å². The maximum absolute atomic E-state index is 13.6. The van der Waals surface area contributed by atoms with Crippen molar-refractivity contribution in [2.24, 2.45) is 0 Å². The Hall–Kier alpha value is -1.67. The number of hydrogen-bond acceptors (Lipinski definition) is 4. The number of benzene rings is 1. The van der Waals surface area contributed by atoms with Gasteiger partial charge in [0, 0.05) is 13.0 Å². The number of halogens is 1. The first-order valence-corrected chi connectivity index (χ1v) is 7.04. The Morgan fingerprint density at radius 1 is 1.42 bits per heavy atom. The van der Waals surface area contributed by atoms with E-state index in [0.717, 1.165) is 6.07 Å². The van der Waals surface area contributed by atoms with Crippen LogP contribution < -0.4 is 10.0 Å². The van der Waals surface area contributed by atoms with Crippen LogP contribution in [0, 0.1) is 5.82 Å². The Morgan fingerprint density at radius 3 is 2.63 bits per heavy atom. The second kappa shape index (κ2) is 6.48. The number of aliphatic carboxylic acids is 1. The lowest BCUT2D eigenvalue weighted by molar-refractivity contribution is -0.137. The Bertz CT molecular complexity index is 560. The largest absolute Gasteiger partial charge is 0.481 e. The van der Waals surface area contributed by atoms with Gasteiger partial charge in [-0.05, 0) is 31.7 Å². The molecule has 3 N–H and O–H groups in total. The van der Waals surface area contributed by atoms with Crippen LogP contribution in [0.15, 0.2) is 23.1 Å². The Morgan fingerprint density at radius 2 is 2.11 bits per heavy atom. The number of nitrogens with one attached hydrogen (secondary N) is 2. The molecule has 0 spiro atoms. The summed E-state index contributed by atoms with van der Waals surface area (Å²) in [7, 11) is -2.43. The minimum absolute atomic E-state index is 0.0131. The van der Waals surface area contributed by atoms with E-state index in [1.807, 2.05) is 0 Å². The molecule has 0 radical (unpaired) electrons. The molecule has 0 unspecified atom stereocenters. The zero-order chi connectivity index (χ0) is 14.5. The van der Waals surface area contributed by atoms with Crippen molar-refractivity contribution in [2.45, 2.75) is 17.7 Å². The van der Waals surface area contributed by atoms with Crippen LogP contribution in [0.1, 0.15) is 12.8 Å². The molecule has 0 bridgehead atoms. The molecule has 0 fully saturated rings. The zero-order valence-electron chi connectivity index (χ0n) is 10.3. The second-order valence-corrected chi connectivity index (χ2v) is 5.66. The van der Waals surface area contributed by atoms with Gasteiger partial charge < -0.3 is 10.4 Å². The van der Waals surface area contributed by atoms with Gasteiger partial charge in [0.25, 0.3) is 0 Å². The number of anilines is 1. The van der Waals surface area contributed by atoms with Crippen LogP contribution in [0.25, 0.3) is 0 Å². The molecule has 0 saturated carbocycles. The zero-order valence-corrected chi connectivity index (χ0v) is 11.1. The number of sulfonamides is 1. The molecule has 6 nitrogen and oxygen atoms in total. The second-order valence-electron chi connectivity index (χ2n) is 3.77. The quantitative estimate of drug-likeness (QED) is 0.651. The van der Waals surface area contributed by atoms with E-state index >= 15 is 0 Å². The maximum atomic E-state index is 13.6. The lowest BCUT2D eigenvalue weighted by Crippen LogP contribution is -2.18. The Labute approximate surface area is 110 Å². The van der Waals surface area contributed by atoms with Crippen LogP contribution in [-0.2, 0) is 14.8 Å². The monoisotopic (exact) mass is 290 g/mol. The summed E-state index contributed by atoms with van der Waals surface area (Å²) in [4.78, 5) is 10.1. The fourth-order valence-corrected chi connectivity index (χ4v) is 2.13. The first-order valence-electron chi connectivity index (χ1n) is 5.55. The summed E-state index contributed by atoms with van der Waals surface area (Å²) in [6, 6.07) is 3.49. The Kier molecular flexibility index (Phi) is 5.25. The van der Waals surface area contributed by atoms with Gasteiger partial charge in [-0.2, -0.15) is 0 Å². The van der Waals surface area contributed by atoms with Crippen LogP contribution in [0.5, 0.6) is 0 Å². The highest BCUT2D eigenvalue weighted by molar-refractivity contribution is 7.89. The molecule has 1 rings (SSSR count). The van der Waals surface area contributed by atoms with E-state index in [0.29, 0.717) is 13.0 Å². The van der Waals surface area contributed by atoms with Crippen molar-refractivity contribution in [1.82, 2.24) is 4.72 Å². The molecule has 0 aliphatic heterocycles. The lowest BCUT2D eigenvalue weighted by Gasteiger charge is -2.08. The molecule has 0 aromatic heterocycles. The third kappa shape index (κ3) is 4.49. The van der Waals surface area contributed by atoms with Gasteiger partial charge >= 0.3 is 5.97 Å². The molecule has 8 heteroatoms. The third-order valence-electron chi connectivity index (χ3n) is 2.40. The fourth-order valence-electron chi connectivity index (χ4n) is 1.39. The fraction of sp³-hybridized carbons (Fsp3) is 0.364. The topological polar surface area (TPSA) is 95.5 Å². The van der Waals surface area contributed by atoms with Crippen LogP contribution in [0.4, 0.5) is 10.1 Å². The highest BCUT2D eigenvalue weighted by Gasteiger charge is 2.13. The smallest absolute Gasteiger partial charge is 0.303 e. The van der Waals surface area contributed by atoms with Crippen molar-refractivity contribution in [1.29, 1.82) is 0 Å². The predicted molar refractivity (Wildman–Crippen MR) is 68.0 cm³/mol. The van der Waals surface area contributed by atoms with Crippen molar-refractivity contribution in [3.63, 3.8) is 0 Å². The number of hydrogen-bond donors (Lipinski definition) is 3. The molecule has 1 aromatic rings. The van der Waals surface area contributed by atoms with Gasteiger partial charge in [-0.1, -0.05) is 0 Å². The molecular formula is C11H15FN2O4S. The van der Waals surface area contributed by atoms with Crippen molar-refractivity contribution in [2.75, 3.05) is 18.9 Å². The predicted octanol–water partition coefficient (Wildman–Crippen LogP) is 1.01. The molecule has 0 amide bonds. The van der Waals surface area contributed by atoms with Crippen LogP contribution in [0.2, 0.25) is 0 Å². The normalized spacial score (nSPS) is 11.3. The summed E-state index contributed by atoms with van der Waals surface area (Å²) in [5.41, 5.74) is 0.139. The van der Waals surface area contributed by atoms with Crippen molar-refractivity contribution < 1.29 is 22.7 Å². The van der Waals surface area contributed by atoms with Gasteiger partial charge in [0.15, 0.2) is 0 Å². The molecule has 0 aliphatic carbocycles. The van der Waals surface area contributed by atoms with Gasteiger partial charge in [0.05, 0.1) is 10.6 Å². The molecule has 0 aliphatic rings. The van der Waals surface area contributed by atoms with Crippen LogP contribution >= 0.6 is 0 Å². The minimum atomic E-state index is -3.67. The summed E-state index contributed by atoms with van der Waals surface area (Å²) < 4.78 is 38.6. The van der Waals surface area contributed by atoms with Gasteiger partial charge in [0.2, 0.25) is 10.0 Å². The minimum Gasteiger partial charge on any atom is -0.481 e. The molecular weight excluding hydrogens is 275 g/mol. The number of carbonyl (C=O) groups is 1. The van der Waals surface area contributed by atoms with Crippen LogP contribution in [-0.4, -0.2) is 33.1 Å². The summed E-state index contributed by atoms with van der Waals surface area (Å²) in [5.74, 6) is -1.62. The van der Waals surface area contributed by atoms with E-state index < -0.39 is 21.8 Å². The molecule has 19 heavy (non-hydrogen) atoms. The highest BCUT2D eigenvalue weighted by atomic mass is 32.2. The van der Waals surface area contributed by atoms with Crippen molar-refractivity contribution in [3.8, 4) is 0 Å². The summed E-state index contributed by atoms with van der Waals surface area (Å²) in [6.07, 6.45) is 0.339. The van der Waals surface area contributed by atoms with Gasteiger partial charge in [-0.3, -0.25) is 4.79 Å². The average molecular weight is 290 g/mol. The first-order chi connectivity index (χ1) is 8.86. The highest BCUT2D eigenvalue weighted by Crippen LogP contribution is 2.18. The van der Waals surface area contributed by atoms with Crippen molar-refractivity contribution in [3.05, 3.63) is 24.0 Å². The summed E-state index contributed by atoms with van der Waals surface area (Å²) in [5, 5.41) is 11.2. The number of carboxylic acids is 1. The maximum Gasteiger partial charge on any atom is 0.303 e. The number of rotatable bonds is 7. The van der Waals surface area contributed by atoms with Gasteiger partial charge in [-0.25, -0.2) is 17.5 Å². The molecule has 0 saturated heterocycles. The van der Waals surface area contributed by atoms with E-state index in [4.69, 9.17) is 5.11 Å². The average Bonchev–Trinajstić information content (AvgIpc) is 2.35. The third-order valence-corrected chi connectivity index (χ3v) is 3.81. The first kappa shape index (κ1) is 15.4. The SMILES string of the molecule is CNS(=O)(=O)c1ccc(NCCCC(=O)O)c(F)c1. The van der Waals surface area contributed by atoms with Gasteiger partial charge in [-0.15, -0.1) is 0 Å². The summed E-state index contributed by atoms with van der Waals surface area (Å²) >= 11 is 0. The summed E-state index contributed by atoms with van der Waals surface area (Å²) in [6.45, 7) is 0.293. The molecule has 1 aromatic carbocycles. The van der Waals surface area contributed by atoms with E-state index in [1.54, 1.807) is 0 Å². The lowest BCUT2D eigenvalue weighted by atomic mass is 10.2. The standard InChI is InChI=1S/C11H15FN2O4S/c1-13-19(17,18)8-4-5-10(9(12)7-8)14-6-2-3-11(15)16/h4-5,7,13-14H,2-3,6H2,1H3,(H,15,16). The van der Waals surface area contributed by atoms with E-state index in [-0.39, 0.29) is 17.0 Å². The Balaban J connectivity index is 2.70. The van der Waals surface area contributed by atoms with Crippen molar-refractivity contribution >= 4 is 21.7 Å². The molecule has 106 valence electrons. The van der Waals surface area contributed by atoms with E-state index in [1.165, 1.54) is 19.2 Å². The van der Waals surface area contributed by atoms with Gasteiger partial charge in [0.1, 0.15) is 5.82 Å². The van der Waals surface area contributed by atoms with E-state index in [2.05, 4.69) is 10.0 Å².